The maximum absolute atomic E-state index is 12.1. The van der Waals surface area contributed by atoms with Gasteiger partial charge in [0.05, 0.1) is 11.1 Å². The first-order valence-corrected chi connectivity index (χ1v) is 7.08. The van der Waals surface area contributed by atoms with Gasteiger partial charge in [-0.1, -0.05) is 18.5 Å². The van der Waals surface area contributed by atoms with E-state index in [2.05, 4.69) is 17.0 Å². The smallest absolute Gasteiger partial charge is 0.387 e. The monoisotopic (exact) mass is 305 g/mol. The summed E-state index contributed by atoms with van der Waals surface area (Å²) in [4.78, 5) is 0. The van der Waals surface area contributed by atoms with Gasteiger partial charge in [0, 0.05) is 18.3 Å². The largest absolute Gasteiger partial charge is 0.433 e. The van der Waals surface area contributed by atoms with Gasteiger partial charge in [0.15, 0.2) is 0 Å². The molecule has 0 aliphatic carbocycles. The molecule has 1 aromatic rings. The number of alkyl halides is 2. The Morgan fingerprint density at radius 2 is 2.30 bits per heavy atom. The number of anilines is 1. The first-order chi connectivity index (χ1) is 9.58. The average Bonchev–Trinajstić information content (AvgIpc) is 2.42. The number of halogens is 3. The predicted molar refractivity (Wildman–Crippen MR) is 74.8 cm³/mol. The predicted octanol–water partition coefficient (Wildman–Crippen LogP) is 4.31. The second-order valence-electron chi connectivity index (χ2n) is 4.79. The molecule has 1 aromatic carbocycles. The summed E-state index contributed by atoms with van der Waals surface area (Å²) < 4.78 is 34.2. The summed E-state index contributed by atoms with van der Waals surface area (Å²) in [5.74, 6) is -0.00868. The quantitative estimate of drug-likeness (QED) is 0.879. The number of ether oxygens (including phenoxy) is 2. The fourth-order valence-corrected chi connectivity index (χ4v) is 2.54. The number of nitrogens with one attached hydrogen (secondary N) is 1. The molecule has 3 nitrogen and oxygen atoms in total. The second kappa shape index (κ2) is 7.09. The van der Waals surface area contributed by atoms with E-state index in [0.717, 1.165) is 31.6 Å². The Labute approximate surface area is 122 Å². The molecule has 0 radical (unpaired) electrons. The lowest BCUT2D eigenvalue weighted by atomic mass is 10.0. The van der Waals surface area contributed by atoms with Gasteiger partial charge in [-0.05, 0) is 37.5 Å². The van der Waals surface area contributed by atoms with Crippen molar-refractivity contribution in [2.45, 2.75) is 44.9 Å². The molecule has 6 heteroatoms. The number of hydrogen-bond donors (Lipinski definition) is 1. The molecule has 0 bridgehead atoms. The molecule has 1 fully saturated rings. The third-order valence-electron chi connectivity index (χ3n) is 3.34. The van der Waals surface area contributed by atoms with Gasteiger partial charge in [-0.3, -0.25) is 0 Å². The second-order valence-corrected chi connectivity index (χ2v) is 5.20. The molecule has 2 rings (SSSR count). The van der Waals surface area contributed by atoms with Crippen LogP contribution in [0.15, 0.2) is 18.2 Å². The normalized spacial score (nSPS) is 22.9. The van der Waals surface area contributed by atoms with E-state index in [4.69, 9.17) is 16.3 Å². The van der Waals surface area contributed by atoms with Crippen molar-refractivity contribution in [3.8, 4) is 5.75 Å². The SMILES string of the molecule is CCC1CC(Nc2ccc(OC(F)F)c(Cl)c2)CCO1. The Kier molecular flexibility index (Phi) is 5.43. The lowest BCUT2D eigenvalue weighted by Crippen LogP contribution is -2.33. The minimum atomic E-state index is -2.87. The summed E-state index contributed by atoms with van der Waals surface area (Å²) in [5, 5.41) is 3.53. The Bertz CT molecular complexity index is 445. The van der Waals surface area contributed by atoms with Crippen molar-refractivity contribution in [1.82, 2.24) is 0 Å². The van der Waals surface area contributed by atoms with Crippen LogP contribution in [0.25, 0.3) is 0 Å². The standard InChI is InChI=1S/C14H18ClF2NO2/c1-2-11-7-10(5-6-19-11)18-9-3-4-13(12(15)8-9)20-14(16)17/h3-4,8,10-11,14,18H,2,5-7H2,1H3. The lowest BCUT2D eigenvalue weighted by molar-refractivity contribution is -0.0497. The van der Waals surface area contributed by atoms with E-state index >= 15 is 0 Å². The molecular weight excluding hydrogens is 288 g/mol. The van der Waals surface area contributed by atoms with Crippen molar-refractivity contribution >= 4 is 17.3 Å². The van der Waals surface area contributed by atoms with Crippen LogP contribution in [0, 0.1) is 0 Å². The number of hydrogen-bond acceptors (Lipinski definition) is 3. The summed E-state index contributed by atoms with van der Waals surface area (Å²) in [6, 6.07) is 5.06. The van der Waals surface area contributed by atoms with E-state index in [-0.39, 0.29) is 16.9 Å². The molecule has 0 amide bonds. The molecule has 112 valence electrons. The summed E-state index contributed by atoms with van der Waals surface area (Å²) in [5.41, 5.74) is 0.804. The van der Waals surface area contributed by atoms with Gasteiger partial charge in [-0.25, -0.2) is 0 Å². The van der Waals surface area contributed by atoms with Crippen LogP contribution in [0.2, 0.25) is 5.02 Å². The molecule has 1 saturated heterocycles. The van der Waals surface area contributed by atoms with Crippen LogP contribution in [0.5, 0.6) is 5.75 Å². The highest BCUT2D eigenvalue weighted by Crippen LogP contribution is 2.30. The van der Waals surface area contributed by atoms with Crippen LogP contribution < -0.4 is 10.1 Å². The summed E-state index contributed by atoms with van der Waals surface area (Å²) in [6.45, 7) is -0.0382. The van der Waals surface area contributed by atoms with Gasteiger partial charge in [-0.15, -0.1) is 0 Å². The maximum atomic E-state index is 12.1. The molecule has 1 N–H and O–H groups in total. The topological polar surface area (TPSA) is 30.5 Å². The van der Waals surface area contributed by atoms with Gasteiger partial charge >= 0.3 is 6.61 Å². The molecule has 0 saturated carbocycles. The zero-order chi connectivity index (χ0) is 14.5. The van der Waals surface area contributed by atoms with Crippen LogP contribution in [-0.4, -0.2) is 25.4 Å². The van der Waals surface area contributed by atoms with E-state index in [0.29, 0.717) is 6.04 Å². The third-order valence-corrected chi connectivity index (χ3v) is 3.64. The summed E-state index contributed by atoms with van der Waals surface area (Å²) >= 11 is 5.92. The number of rotatable bonds is 5. The van der Waals surface area contributed by atoms with E-state index in [1.807, 2.05) is 0 Å². The van der Waals surface area contributed by atoms with Crippen molar-refractivity contribution < 1.29 is 18.3 Å². The molecule has 0 spiro atoms. The fourth-order valence-electron chi connectivity index (χ4n) is 2.31. The summed E-state index contributed by atoms with van der Waals surface area (Å²) in [7, 11) is 0. The van der Waals surface area contributed by atoms with E-state index in [9.17, 15) is 8.78 Å². The zero-order valence-corrected chi connectivity index (χ0v) is 12.0. The molecule has 1 heterocycles. The first kappa shape index (κ1) is 15.3. The summed E-state index contributed by atoms with van der Waals surface area (Å²) in [6.07, 6.45) is 3.12. The van der Waals surface area contributed by atoms with Gasteiger partial charge < -0.3 is 14.8 Å². The van der Waals surface area contributed by atoms with Gasteiger partial charge in [0.2, 0.25) is 0 Å². The number of benzene rings is 1. The molecule has 2 unspecified atom stereocenters. The third kappa shape index (κ3) is 4.21. The Morgan fingerprint density at radius 1 is 1.50 bits per heavy atom. The molecule has 1 aliphatic heterocycles. The minimum absolute atomic E-state index is 0.00868. The molecule has 20 heavy (non-hydrogen) atoms. The highest BCUT2D eigenvalue weighted by Gasteiger charge is 2.21. The van der Waals surface area contributed by atoms with Crippen LogP contribution in [0.3, 0.4) is 0 Å². The molecule has 1 aliphatic rings. The molecule has 2 atom stereocenters. The van der Waals surface area contributed by atoms with Crippen LogP contribution in [0.1, 0.15) is 26.2 Å². The van der Waals surface area contributed by atoms with Crippen molar-refractivity contribution in [3.05, 3.63) is 23.2 Å². The zero-order valence-electron chi connectivity index (χ0n) is 11.2. The minimum Gasteiger partial charge on any atom is -0.433 e. The van der Waals surface area contributed by atoms with E-state index < -0.39 is 6.61 Å². The van der Waals surface area contributed by atoms with Crippen LogP contribution >= 0.6 is 11.6 Å². The molecular formula is C14H18ClF2NO2. The Hall–Kier alpha value is -1.07. The highest BCUT2D eigenvalue weighted by molar-refractivity contribution is 6.32. The van der Waals surface area contributed by atoms with E-state index in [1.165, 1.54) is 6.07 Å². The van der Waals surface area contributed by atoms with Crippen molar-refractivity contribution in [1.29, 1.82) is 0 Å². The van der Waals surface area contributed by atoms with Crippen molar-refractivity contribution in [3.63, 3.8) is 0 Å². The molecule has 0 aromatic heterocycles. The van der Waals surface area contributed by atoms with Crippen molar-refractivity contribution in [2.24, 2.45) is 0 Å². The van der Waals surface area contributed by atoms with Crippen molar-refractivity contribution in [2.75, 3.05) is 11.9 Å². The lowest BCUT2D eigenvalue weighted by Gasteiger charge is -2.30. The average molecular weight is 306 g/mol. The van der Waals surface area contributed by atoms with Crippen LogP contribution in [-0.2, 0) is 4.74 Å². The van der Waals surface area contributed by atoms with Gasteiger partial charge in [0.25, 0.3) is 0 Å². The van der Waals surface area contributed by atoms with Gasteiger partial charge in [0.1, 0.15) is 5.75 Å². The Balaban J connectivity index is 1.97. The van der Waals surface area contributed by atoms with Gasteiger partial charge in [-0.2, -0.15) is 8.78 Å². The maximum Gasteiger partial charge on any atom is 0.387 e. The fraction of sp³-hybridized carbons (Fsp3) is 0.571. The highest BCUT2D eigenvalue weighted by atomic mass is 35.5. The van der Waals surface area contributed by atoms with Crippen LogP contribution in [0.4, 0.5) is 14.5 Å². The van der Waals surface area contributed by atoms with E-state index in [1.54, 1.807) is 12.1 Å². The Morgan fingerprint density at radius 3 is 2.95 bits per heavy atom. The first-order valence-electron chi connectivity index (χ1n) is 6.71.